The lowest BCUT2D eigenvalue weighted by Crippen LogP contribution is -2.14. The van der Waals surface area contributed by atoms with E-state index in [0.29, 0.717) is 21.3 Å². The van der Waals surface area contributed by atoms with Crippen molar-refractivity contribution in [2.45, 2.75) is 11.8 Å². The van der Waals surface area contributed by atoms with E-state index in [4.69, 9.17) is 27.9 Å². The third-order valence-electron chi connectivity index (χ3n) is 2.85. The molecule has 2 rings (SSSR count). The van der Waals surface area contributed by atoms with Gasteiger partial charge in [0.2, 0.25) is 0 Å². The summed E-state index contributed by atoms with van der Waals surface area (Å²) in [4.78, 5) is -0.0214. The van der Waals surface area contributed by atoms with Gasteiger partial charge >= 0.3 is 0 Å². The summed E-state index contributed by atoms with van der Waals surface area (Å²) in [6.07, 6.45) is 0. The molecule has 0 saturated carbocycles. The van der Waals surface area contributed by atoms with Gasteiger partial charge in [-0.3, -0.25) is 4.72 Å². The van der Waals surface area contributed by atoms with Gasteiger partial charge in [0, 0.05) is 10.0 Å². The lowest BCUT2D eigenvalue weighted by Gasteiger charge is -2.13. The van der Waals surface area contributed by atoms with Crippen molar-refractivity contribution >= 4 is 38.9 Å². The fourth-order valence-electron chi connectivity index (χ4n) is 1.80. The second kappa shape index (κ2) is 6.13. The molecule has 0 aliphatic carbocycles. The van der Waals surface area contributed by atoms with Gasteiger partial charge in [-0.25, -0.2) is 8.42 Å². The molecule has 7 heteroatoms. The Morgan fingerprint density at radius 2 is 1.67 bits per heavy atom. The van der Waals surface area contributed by atoms with E-state index >= 15 is 0 Å². The molecule has 0 fully saturated rings. The number of rotatable bonds is 4. The predicted octanol–water partition coefficient (Wildman–Crippen LogP) is 4.11. The van der Waals surface area contributed by atoms with Gasteiger partial charge in [0.05, 0.1) is 12.8 Å². The summed E-state index contributed by atoms with van der Waals surface area (Å²) >= 11 is 11.7. The standard InChI is InChI=1S/C14H13Cl2NO3S/c1-9-7-10(15)3-5-12(9)17-21(18,19)14-8-11(16)4-6-13(14)20-2/h3-8,17H,1-2H3. The molecule has 0 spiro atoms. The fraction of sp³-hybridized carbons (Fsp3) is 0.143. The average molecular weight is 346 g/mol. The van der Waals surface area contributed by atoms with E-state index in [0.717, 1.165) is 0 Å². The van der Waals surface area contributed by atoms with E-state index in [9.17, 15) is 8.42 Å². The Morgan fingerprint density at radius 1 is 1.05 bits per heavy atom. The van der Waals surface area contributed by atoms with Crippen molar-refractivity contribution in [1.29, 1.82) is 0 Å². The molecule has 4 nitrogen and oxygen atoms in total. The number of nitrogens with one attached hydrogen (secondary N) is 1. The molecule has 0 atom stereocenters. The van der Waals surface area contributed by atoms with Gasteiger partial charge in [-0.2, -0.15) is 0 Å². The van der Waals surface area contributed by atoms with Crippen LogP contribution >= 0.6 is 23.2 Å². The molecule has 2 aromatic carbocycles. The van der Waals surface area contributed by atoms with Crippen molar-refractivity contribution in [3.8, 4) is 5.75 Å². The Balaban J connectivity index is 2.45. The first kappa shape index (κ1) is 15.9. The van der Waals surface area contributed by atoms with Crippen molar-refractivity contribution in [2.75, 3.05) is 11.8 Å². The van der Waals surface area contributed by atoms with Crippen LogP contribution in [0.25, 0.3) is 0 Å². The molecule has 0 aliphatic rings. The maximum absolute atomic E-state index is 12.5. The number of sulfonamides is 1. The van der Waals surface area contributed by atoms with Crippen LogP contribution in [0.2, 0.25) is 10.0 Å². The van der Waals surface area contributed by atoms with Crippen LogP contribution in [-0.2, 0) is 10.0 Å². The van der Waals surface area contributed by atoms with Gasteiger partial charge in [0.1, 0.15) is 10.6 Å². The van der Waals surface area contributed by atoms with Crippen LogP contribution in [0.5, 0.6) is 5.75 Å². The van der Waals surface area contributed by atoms with Crippen molar-refractivity contribution < 1.29 is 13.2 Å². The lowest BCUT2D eigenvalue weighted by molar-refractivity contribution is 0.403. The number of hydrogen-bond donors (Lipinski definition) is 1. The maximum Gasteiger partial charge on any atom is 0.265 e. The first-order chi connectivity index (χ1) is 9.83. The summed E-state index contributed by atoms with van der Waals surface area (Å²) in [5.74, 6) is 0.221. The predicted molar refractivity (Wildman–Crippen MR) is 85.0 cm³/mol. The van der Waals surface area contributed by atoms with Crippen molar-refractivity contribution in [1.82, 2.24) is 0 Å². The number of halogens is 2. The van der Waals surface area contributed by atoms with Crippen LogP contribution in [0.1, 0.15) is 5.56 Å². The van der Waals surface area contributed by atoms with Crippen LogP contribution in [0.4, 0.5) is 5.69 Å². The molecule has 112 valence electrons. The van der Waals surface area contributed by atoms with Crippen LogP contribution in [0, 0.1) is 6.92 Å². The molecule has 0 radical (unpaired) electrons. The van der Waals surface area contributed by atoms with Gasteiger partial charge in [0.25, 0.3) is 10.0 Å². The summed E-state index contributed by atoms with van der Waals surface area (Å²) in [7, 11) is -2.42. The maximum atomic E-state index is 12.5. The highest BCUT2D eigenvalue weighted by atomic mass is 35.5. The molecule has 0 saturated heterocycles. The second-order valence-electron chi connectivity index (χ2n) is 4.36. The van der Waals surface area contributed by atoms with E-state index in [-0.39, 0.29) is 10.6 Å². The molecular formula is C14H13Cl2NO3S. The Labute approximate surface area is 133 Å². The van der Waals surface area contributed by atoms with Gasteiger partial charge in [-0.1, -0.05) is 23.2 Å². The summed E-state index contributed by atoms with van der Waals surface area (Å²) in [5, 5.41) is 0.847. The normalized spacial score (nSPS) is 11.2. The number of anilines is 1. The van der Waals surface area contributed by atoms with Crippen molar-refractivity contribution in [3.63, 3.8) is 0 Å². The van der Waals surface area contributed by atoms with E-state index in [1.807, 2.05) is 0 Å². The van der Waals surface area contributed by atoms with Crippen LogP contribution < -0.4 is 9.46 Å². The average Bonchev–Trinajstić information content (AvgIpc) is 2.42. The zero-order valence-corrected chi connectivity index (χ0v) is 13.7. The first-order valence-corrected chi connectivity index (χ1v) is 8.20. The number of ether oxygens (including phenoxy) is 1. The minimum Gasteiger partial charge on any atom is -0.495 e. The SMILES string of the molecule is COc1ccc(Cl)cc1S(=O)(=O)Nc1ccc(Cl)cc1C. The molecule has 0 aromatic heterocycles. The van der Waals surface area contributed by atoms with Crippen molar-refractivity contribution in [2.24, 2.45) is 0 Å². The molecule has 0 heterocycles. The van der Waals surface area contributed by atoms with Crippen LogP contribution in [0.15, 0.2) is 41.3 Å². The summed E-state index contributed by atoms with van der Waals surface area (Å²) in [6.45, 7) is 1.76. The largest absolute Gasteiger partial charge is 0.495 e. The van der Waals surface area contributed by atoms with Gasteiger partial charge in [-0.15, -0.1) is 0 Å². The highest BCUT2D eigenvalue weighted by molar-refractivity contribution is 7.92. The Hall–Kier alpha value is -1.43. The number of benzene rings is 2. The van der Waals surface area contributed by atoms with Crippen LogP contribution in [0.3, 0.4) is 0 Å². The minimum atomic E-state index is -3.82. The third-order valence-corrected chi connectivity index (χ3v) is 4.70. The molecule has 0 unspecified atom stereocenters. The zero-order chi connectivity index (χ0) is 15.6. The molecule has 2 aromatic rings. The van der Waals surface area contributed by atoms with E-state index in [2.05, 4.69) is 4.72 Å². The molecule has 0 bridgehead atoms. The fourth-order valence-corrected chi connectivity index (χ4v) is 3.59. The summed E-state index contributed by atoms with van der Waals surface area (Å²) in [6, 6.07) is 9.30. The molecule has 0 amide bonds. The molecule has 21 heavy (non-hydrogen) atoms. The van der Waals surface area contributed by atoms with E-state index in [1.165, 1.54) is 19.2 Å². The highest BCUT2D eigenvalue weighted by Crippen LogP contribution is 2.30. The second-order valence-corrected chi connectivity index (χ2v) is 6.88. The number of methoxy groups -OCH3 is 1. The Morgan fingerprint density at radius 3 is 2.29 bits per heavy atom. The molecular weight excluding hydrogens is 333 g/mol. The number of hydrogen-bond acceptors (Lipinski definition) is 3. The monoisotopic (exact) mass is 345 g/mol. The van der Waals surface area contributed by atoms with Gasteiger partial charge in [0.15, 0.2) is 0 Å². The van der Waals surface area contributed by atoms with E-state index < -0.39 is 10.0 Å². The first-order valence-electron chi connectivity index (χ1n) is 5.96. The Bertz CT molecular complexity index is 776. The summed E-state index contributed by atoms with van der Waals surface area (Å²) < 4.78 is 32.6. The quantitative estimate of drug-likeness (QED) is 0.906. The van der Waals surface area contributed by atoms with E-state index in [1.54, 1.807) is 31.2 Å². The van der Waals surface area contributed by atoms with Crippen LogP contribution in [-0.4, -0.2) is 15.5 Å². The van der Waals surface area contributed by atoms with Gasteiger partial charge < -0.3 is 4.74 Å². The smallest absolute Gasteiger partial charge is 0.265 e. The van der Waals surface area contributed by atoms with Crippen molar-refractivity contribution in [3.05, 3.63) is 52.0 Å². The number of aryl methyl sites for hydroxylation is 1. The minimum absolute atomic E-state index is 0.0214. The van der Waals surface area contributed by atoms with Gasteiger partial charge in [-0.05, 0) is 48.9 Å². The topological polar surface area (TPSA) is 55.4 Å². The highest BCUT2D eigenvalue weighted by Gasteiger charge is 2.20. The lowest BCUT2D eigenvalue weighted by atomic mass is 10.2. The zero-order valence-electron chi connectivity index (χ0n) is 11.4. The Kier molecular flexibility index (Phi) is 4.66. The summed E-state index contributed by atoms with van der Waals surface area (Å²) in [5.41, 5.74) is 1.16. The molecule has 0 aliphatic heterocycles. The molecule has 1 N–H and O–H groups in total. The third kappa shape index (κ3) is 3.61.